The van der Waals surface area contributed by atoms with Gasteiger partial charge in [-0.05, 0) is 42.0 Å². The molecule has 2 amide bonds. The molecule has 0 atom stereocenters. The number of para-hydroxylation sites is 1. The van der Waals surface area contributed by atoms with Gasteiger partial charge in [-0.3, -0.25) is 0 Å². The Labute approximate surface area is 129 Å². The predicted octanol–water partition coefficient (Wildman–Crippen LogP) is 3.11. The maximum absolute atomic E-state index is 11.7. The van der Waals surface area contributed by atoms with Crippen LogP contribution in [0.25, 0.3) is 0 Å². The lowest BCUT2D eigenvalue weighted by Gasteiger charge is -2.10. The highest BCUT2D eigenvalue weighted by atomic mass is 32.1. The van der Waals surface area contributed by atoms with Gasteiger partial charge >= 0.3 is 6.03 Å². The van der Waals surface area contributed by atoms with Crippen LogP contribution in [0, 0.1) is 6.92 Å². The highest BCUT2D eigenvalue weighted by Crippen LogP contribution is 2.17. The van der Waals surface area contributed by atoms with Gasteiger partial charge < -0.3 is 15.4 Å². The summed E-state index contributed by atoms with van der Waals surface area (Å²) in [4.78, 5) is 12.9. The fourth-order valence-electron chi connectivity index (χ4n) is 2.03. The number of aryl methyl sites for hydroxylation is 1. The van der Waals surface area contributed by atoms with Gasteiger partial charge in [-0.1, -0.05) is 18.2 Å². The number of rotatable bonds is 6. The molecule has 1 aromatic carbocycles. The summed E-state index contributed by atoms with van der Waals surface area (Å²) in [6, 6.07) is 9.75. The summed E-state index contributed by atoms with van der Waals surface area (Å²) in [5, 5.41) is 7.77. The van der Waals surface area contributed by atoms with E-state index in [0.29, 0.717) is 13.1 Å². The zero-order valence-electron chi connectivity index (χ0n) is 12.3. The van der Waals surface area contributed by atoms with Crippen molar-refractivity contribution in [1.82, 2.24) is 10.6 Å². The first-order valence-electron chi connectivity index (χ1n) is 6.87. The number of methoxy groups -OCH3 is 1. The molecule has 2 N–H and O–H groups in total. The molecular formula is C16H20N2O2S. The molecule has 5 heteroatoms. The Morgan fingerprint density at radius 3 is 2.76 bits per heavy atom. The average molecular weight is 304 g/mol. The first kappa shape index (κ1) is 15.4. The highest BCUT2D eigenvalue weighted by Gasteiger charge is 2.05. The fraction of sp³-hybridized carbons (Fsp3) is 0.312. The van der Waals surface area contributed by atoms with E-state index in [4.69, 9.17) is 4.74 Å². The highest BCUT2D eigenvalue weighted by molar-refractivity contribution is 7.10. The zero-order valence-corrected chi connectivity index (χ0v) is 13.1. The molecule has 4 nitrogen and oxygen atoms in total. The van der Waals surface area contributed by atoms with E-state index in [1.165, 1.54) is 10.4 Å². The second-order valence-corrected chi connectivity index (χ2v) is 5.70. The van der Waals surface area contributed by atoms with Crippen molar-refractivity contribution in [2.45, 2.75) is 19.9 Å². The van der Waals surface area contributed by atoms with Crippen molar-refractivity contribution in [3.05, 3.63) is 51.7 Å². The largest absolute Gasteiger partial charge is 0.496 e. The van der Waals surface area contributed by atoms with Crippen LogP contribution in [0.1, 0.15) is 16.0 Å². The fourth-order valence-corrected chi connectivity index (χ4v) is 2.87. The van der Waals surface area contributed by atoms with Crippen LogP contribution in [0.5, 0.6) is 5.75 Å². The number of nitrogens with one attached hydrogen (secondary N) is 2. The van der Waals surface area contributed by atoms with Crippen LogP contribution in [0.4, 0.5) is 4.79 Å². The molecule has 1 heterocycles. The Hall–Kier alpha value is -2.01. The first-order chi connectivity index (χ1) is 10.2. The lowest BCUT2D eigenvalue weighted by atomic mass is 10.1. The minimum atomic E-state index is -0.141. The molecule has 0 saturated carbocycles. The summed E-state index contributed by atoms with van der Waals surface area (Å²) in [6.45, 7) is 3.20. The lowest BCUT2D eigenvalue weighted by molar-refractivity contribution is 0.240. The third-order valence-electron chi connectivity index (χ3n) is 3.25. The third-order valence-corrected chi connectivity index (χ3v) is 4.27. The Kier molecular flexibility index (Phi) is 5.63. The van der Waals surface area contributed by atoms with Crippen LogP contribution in [0.15, 0.2) is 35.7 Å². The Balaban J connectivity index is 1.73. The van der Waals surface area contributed by atoms with Crippen molar-refractivity contribution in [3.63, 3.8) is 0 Å². The molecule has 0 saturated heterocycles. The average Bonchev–Trinajstić information content (AvgIpc) is 2.91. The van der Waals surface area contributed by atoms with Crippen LogP contribution in [0.3, 0.4) is 0 Å². The molecule has 2 aromatic rings. The number of carbonyl (C=O) groups excluding carboxylic acids is 1. The van der Waals surface area contributed by atoms with E-state index in [1.54, 1.807) is 18.4 Å². The molecule has 21 heavy (non-hydrogen) atoms. The minimum absolute atomic E-state index is 0.141. The van der Waals surface area contributed by atoms with Gasteiger partial charge in [0.25, 0.3) is 0 Å². The number of hydrogen-bond acceptors (Lipinski definition) is 3. The molecule has 0 aliphatic rings. The van der Waals surface area contributed by atoms with Gasteiger partial charge in [-0.25, -0.2) is 4.79 Å². The van der Waals surface area contributed by atoms with E-state index in [1.807, 2.05) is 36.6 Å². The molecule has 2 rings (SSSR count). The molecule has 0 radical (unpaired) electrons. The summed E-state index contributed by atoms with van der Waals surface area (Å²) >= 11 is 1.66. The van der Waals surface area contributed by atoms with E-state index in [0.717, 1.165) is 17.7 Å². The molecular weight excluding hydrogens is 284 g/mol. The van der Waals surface area contributed by atoms with Crippen molar-refractivity contribution >= 4 is 17.4 Å². The van der Waals surface area contributed by atoms with Crippen LogP contribution in [-0.2, 0) is 13.0 Å². The lowest BCUT2D eigenvalue weighted by Crippen LogP contribution is -2.36. The number of ether oxygens (including phenoxy) is 1. The van der Waals surface area contributed by atoms with Crippen LogP contribution in [0.2, 0.25) is 0 Å². The molecule has 112 valence electrons. The quantitative estimate of drug-likeness (QED) is 0.861. The van der Waals surface area contributed by atoms with Crippen LogP contribution in [-0.4, -0.2) is 19.7 Å². The number of thiophene rings is 1. The topological polar surface area (TPSA) is 50.4 Å². The molecule has 0 aliphatic heterocycles. The van der Waals surface area contributed by atoms with Gasteiger partial charge in [0.2, 0.25) is 0 Å². The summed E-state index contributed by atoms with van der Waals surface area (Å²) in [5.41, 5.74) is 2.31. The first-order valence-corrected chi connectivity index (χ1v) is 7.75. The molecule has 0 aliphatic carbocycles. The Morgan fingerprint density at radius 1 is 1.24 bits per heavy atom. The summed E-state index contributed by atoms with van der Waals surface area (Å²) in [6.07, 6.45) is 0.745. The van der Waals surface area contributed by atoms with Crippen LogP contribution >= 0.6 is 11.3 Å². The number of carbonyl (C=O) groups is 1. The van der Waals surface area contributed by atoms with Gasteiger partial charge in [0.15, 0.2) is 0 Å². The molecule has 1 aromatic heterocycles. The van der Waals surface area contributed by atoms with Crippen molar-refractivity contribution in [1.29, 1.82) is 0 Å². The van der Waals surface area contributed by atoms with Crippen molar-refractivity contribution < 1.29 is 9.53 Å². The van der Waals surface area contributed by atoms with E-state index in [9.17, 15) is 4.79 Å². The van der Waals surface area contributed by atoms with Crippen molar-refractivity contribution in [3.8, 4) is 5.75 Å². The number of benzene rings is 1. The molecule has 0 unspecified atom stereocenters. The van der Waals surface area contributed by atoms with E-state index in [-0.39, 0.29) is 6.03 Å². The maximum atomic E-state index is 11.7. The SMILES string of the molecule is COc1ccccc1CCNC(=O)NCc1sccc1C. The molecule has 0 bridgehead atoms. The van der Waals surface area contributed by atoms with E-state index < -0.39 is 0 Å². The zero-order chi connectivity index (χ0) is 15.1. The second kappa shape index (κ2) is 7.69. The number of amides is 2. The summed E-state index contributed by atoms with van der Waals surface area (Å²) in [5.74, 6) is 0.855. The second-order valence-electron chi connectivity index (χ2n) is 4.70. The van der Waals surface area contributed by atoms with Gasteiger partial charge in [-0.2, -0.15) is 0 Å². The normalized spacial score (nSPS) is 10.2. The van der Waals surface area contributed by atoms with Gasteiger partial charge in [0.05, 0.1) is 13.7 Å². The van der Waals surface area contributed by atoms with Gasteiger partial charge in [0.1, 0.15) is 5.75 Å². The summed E-state index contributed by atoms with van der Waals surface area (Å²) in [7, 11) is 1.66. The standard InChI is InChI=1S/C16H20N2O2S/c1-12-8-10-21-15(12)11-18-16(19)17-9-7-13-5-3-4-6-14(13)20-2/h3-6,8,10H,7,9,11H2,1-2H3,(H2,17,18,19). The van der Waals surface area contributed by atoms with Crippen molar-refractivity contribution in [2.24, 2.45) is 0 Å². The third kappa shape index (κ3) is 4.49. The minimum Gasteiger partial charge on any atom is -0.496 e. The Morgan fingerprint density at radius 2 is 2.05 bits per heavy atom. The summed E-state index contributed by atoms with van der Waals surface area (Å²) < 4.78 is 5.29. The van der Waals surface area contributed by atoms with E-state index in [2.05, 4.69) is 16.7 Å². The number of urea groups is 1. The smallest absolute Gasteiger partial charge is 0.315 e. The van der Waals surface area contributed by atoms with Crippen LogP contribution < -0.4 is 15.4 Å². The van der Waals surface area contributed by atoms with Gasteiger partial charge in [-0.15, -0.1) is 11.3 Å². The maximum Gasteiger partial charge on any atom is 0.315 e. The van der Waals surface area contributed by atoms with Crippen molar-refractivity contribution in [2.75, 3.05) is 13.7 Å². The molecule has 0 spiro atoms. The number of hydrogen-bond donors (Lipinski definition) is 2. The Bertz CT molecular complexity index is 595. The molecule has 0 fully saturated rings. The van der Waals surface area contributed by atoms with Gasteiger partial charge in [0, 0.05) is 11.4 Å². The van der Waals surface area contributed by atoms with E-state index >= 15 is 0 Å². The predicted molar refractivity (Wildman–Crippen MR) is 86.0 cm³/mol. The monoisotopic (exact) mass is 304 g/mol.